The number of amides is 1. The Morgan fingerprint density at radius 3 is 2.62 bits per heavy atom. The second-order valence-electron chi connectivity index (χ2n) is 6.82. The predicted octanol–water partition coefficient (Wildman–Crippen LogP) is 3.73. The molecule has 2 N–H and O–H groups in total. The first-order valence-electron chi connectivity index (χ1n) is 9.11. The Labute approximate surface area is 166 Å². The van der Waals surface area contributed by atoms with Crippen LogP contribution in [0.15, 0.2) is 71.3 Å². The third-order valence-electron chi connectivity index (χ3n) is 5.27. The van der Waals surface area contributed by atoms with Crippen LogP contribution in [0, 0.1) is 0 Å². The van der Waals surface area contributed by atoms with Crippen molar-refractivity contribution in [1.29, 1.82) is 0 Å². The van der Waals surface area contributed by atoms with Crippen molar-refractivity contribution in [2.24, 2.45) is 4.99 Å². The molecule has 0 atom stereocenters. The van der Waals surface area contributed by atoms with Crippen molar-refractivity contribution in [2.75, 3.05) is 14.2 Å². The topological polar surface area (TPSA) is 81.2 Å². The Bertz CT molecular complexity index is 1250. The number of hydroxylamine groups is 2. The summed E-state index contributed by atoms with van der Waals surface area (Å²) in [5.74, 6) is -0.191. The van der Waals surface area contributed by atoms with Crippen LogP contribution >= 0.6 is 0 Å². The molecule has 0 unspecified atom stereocenters. The van der Waals surface area contributed by atoms with Gasteiger partial charge in [0.15, 0.2) is 0 Å². The molecule has 0 radical (unpaired) electrons. The molecule has 2 aliphatic rings. The van der Waals surface area contributed by atoms with Crippen LogP contribution in [-0.2, 0) is 9.53 Å². The summed E-state index contributed by atoms with van der Waals surface area (Å²) in [6.45, 7) is 0. The number of methoxy groups -OCH3 is 1. The number of ether oxygens (including phenoxy) is 1. The first-order chi connectivity index (χ1) is 14.1. The second-order valence-corrected chi connectivity index (χ2v) is 6.82. The number of H-pyrrole nitrogens is 1. The maximum Gasteiger partial charge on any atom is 0.278 e. The number of aliphatic imine (C=N–C) groups is 1. The summed E-state index contributed by atoms with van der Waals surface area (Å²) in [4.78, 5) is 22.4. The molecule has 2 aromatic carbocycles. The Balaban J connectivity index is 1.74. The molecular formula is C22H18N4O3. The number of likely N-dealkylation sites (N-methyl/N-ethyl adjacent to an activating group) is 1. The number of aromatic amines is 1. The highest BCUT2D eigenvalue weighted by Gasteiger charge is 2.39. The zero-order chi connectivity index (χ0) is 20.1. The fourth-order valence-electron chi connectivity index (χ4n) is 3.88. The van der Waals surface area contributed by atoms with E-state index < -0.39 is 0 Å². The van der Waals surface area contributed by atoms with Crippen LogP contribution in [0.5, 0.6) is 0 Å². The van der Waals surface area contributed by atoms with E-state index >= 15 is 0 Å². The molecule has 2 aliphatic heterocycles. The van der Waals surface area contributed by atoms with Gasteiger partial charge in [-0.05, 0) is 12.1 Å². The van der Waals surface area contributed by atoms with Crippen LogP contribution in [0.1, 0.15) is 11.1 Å². The highest BCUT2D eigenvalue weighted by molar-refractivity contribution is 6.24. The fraction of sp³-hybridized carbons (Fsp3) is 0.0909. The van der Waals surface area contributed by atoms with Crippen LogP contribution in [-0.4, -0.2) is 46.4 Å². The minimum Gasteiger partial charge on any atom is -0.479 e. The van der Waals surface area contributed by atoms with Crippen molar-refractivity contribution in [1.82, 2.24) is 14.9 Å². The number of benzene rings is 2. The van der Waals surface area contributed by atoms with Gasteiger partial charge in [0.05, 0.1) is 12.8 Å². The molecule has 7 nitrogen and oxygen atoms in total. The third kappa shape index (κ3) is 2.41. The van der Waals surface area contributed by atoms with Gasteiger partial charge in [0, 0.05) is 47.1 Å². The van der Waals surface area contributed by atoms with Gasteiger partial charge in [0.1, 0.15) is 11.4 Å². The highest BCUT2D eigenvalue weighted by atomic mass is 16.6. The van der Waals surface area contributed by atoms with Gasteiger partial charge in [-0.15, -0.1) is 0 Å². The molecule has 0 bridgehead atoms. The van der Waals surface area contributed by atoms with E-state index in [-0.39, 0.29) is 17.5 Å². The standard InChI is InChI=1S/C22H18N4O3/c1-25-20(16-12-24-18-10-6-4-8-14(16)18)22(29-2)26(28)19(21(25)27)15-11-23-17-9-5-3-7-13(15)17/h3-12,24,28H,1-2H3. The number of hydrogen-bond donors (Lipinski definition) is 2. The van der Waals surface area contributed by atoms with E-state index in [2.05, 4.69) is 9.98 Å². The van der Waals surface area contributed by atoms with Crippen LogP contribution < -0.4 is 0 Å². The minimum absolute atomic E-state index is 0.0987. The predicted molar refractivity (Wildman–Crippen MR) is 110 cm³/mol. The summed E-state index contributed by atoms with van der Waals surface area (Å²) in [5.41, 5.74) is 4.35. The largest absolute Gasteiger partial charge is 0.479 e. The van der Waals surface area contributed by atoms with Crippen molar-refractivity contribution >= 4 is 40.0 Å². The maximum absolute atomic E-state index is 13.3. The zero-order valence-electron chi connectivity index (χ0n) is 15.9. The van der Waals surface area contributed by atoms with Gasteiger partial charge in [-0.25, -0.2) is 0 Å². The second kappa shape index (κ2) is 6.35. The number of nitrogens with zero attached hydrogens (tertiary/aromatic N) is 3. The minimum atomic E-state index is -0.355. The number of aromatic nitrogens is 1. The SMILES string of the molecule is COC1=C(c2c[nH]c3ccccc23)N(C)C(=O)C(=C2C=Nc3ccccc32)N1O. The van der Waals surface area contributed by atoms with Gasteiger partial charge in [0.2, 0.25) is 5.88 Å². The number of fused-ring (bicyclic) bond motifs is 2. The van der Waals surface area contributed by atoms with Crippen LogP contribution in [0.2, 0.25) is 0 Å². The summed E-state index contributed by atoms with van der Waals surface area (Å²) in [7, 11) is 3.14. The van der Waals surface area contributed by atoms with E-state index in [1.165, 1.54) is 12.0 Å². The molecule has 0 fully saturated rings. The van der Waals surface area contributed by atoms with E-state index in [0.29, 0.717) is 11.3 Å². The van der Waals surface area contributed by atoms with Gasteiger partial charge in [0.25, 0.3) is 5.91 Å². The van der Waals surface area contributed by atoms with Gasteiger partial charge in [-0.3, -0.25) is 15.0 Å². The van der Waals surface area contributed by atoms with E-state index in [1.807, 2.05) is 48.5 Å². The molecule has 3 aromatic rings. The first kappa shape index (κ1) is 17.3. The van der Waals surface area contributed by atoms with E-state index in [9.17, 15) is 10.0 Å². The molecule has 144 valence electrons. The molecule has 0 saturated carbocycles. The molecule has 1 aromatic heterocycles. The summed E-state index contributed by atoms with van der Waals surface area (Å²) in [6.07, 6.45) is 3.40. The van der Waals surface area contributed by atoms with E-state index in [1.54, 1.807) is 19.5 Å². The quantitative estimate of drug-likeness (QED) is 0.658. The number of hydrogen-bond acceptors (Lipinski definition) is 5. The summed E-state index contributed by atoms with van der Waals surface area (Å²) in [6, 6.07) is 15.2. The molecule has 1 amide bonds. The Hall–Kier alpha value is -3.84. The number of rotatable bonds is 2. The molecule has 29 heavy (non-hydrogen) atoms. The lowest BCUT2D eigenvalue weighted by Gasteiger charge is -2.34. The smallest absolute Gasteiger partial charge is 0.278 e. The number of para-hydroxylation sites is 2. The average molecular weight is 386 g/mol. The normalized spacial score (nSPS) is 18.8. The Kier molecular flexibility index (Phi) is 3.78. The molecular weight excluding hydrogens is 368 g/mol. The van der Waals surface area contributed by atoms with Gasteiger partial charge >= 0.3 is 0 Å². The summed E-state index contributed by atoms with van der Waals surface area (Å²) in [5, 5.41) is 12.8. The molecule has 0 aliphatic carbocycles. The number of carbonyl (C=O) groups excluding carboxylic acids is 1. The monoisotopic (exact) mass is 386 g/mol. The Morgan fingerprint density at radius 1 is 1.03 bits per heavy atom. The maximum atomic E-state index is 13.3. The number of nitrogens with one attached hydrogen (secondary N) is 1. The van der Waals surface area contributed by atoms with Gasteiger partial charge in [-0.2, -0.15) is 5.06 Å². The zero-order valence-corrected chi connectivity index (χ0v) is 15.9. The van der Waals surface area contributed by atoms with Gasteiger partial charge < -0.3 is 14.6 Å². The van der Waals surface area contributed by atoms with Crippen molar-refractivity contribution in [2.45, 2.75) is 0 Å². The van der Waals surface area contributed by atoms with E-state index in [4.69, 9.17) is 4.74 Å². The lowest BCUT2D eigenvalue weighted by Crippen LogP contribution is -2.41. The fourth-order valence-corrected chi connectivity index (χ4v) is 3.88. The number of carbonyl (C=O) groups is 1. The molecule has 0 saturated heterocycles. The molecule has 3 heterocycles. The van der Waals surface area contributed by atoms with Gasteiger partial charge in [-0.1, -0.05) is 36.4 Å². The molecule has 5 rings (SSSR count). The van der Waals surface area contributed by atoms with Crippen LogP contribution in [0.4, 0.5) is 5.69 Å². The van der Waals surface area contributed by atoms with Crippen LogP contribution in [0.25, 0.3) is 22.2 Å². The van der Waals surface area contributed by atoms with Crippen LogP contribution in [0.3, 0.4) is 0 Å². The summed E-state index contributed by atoms with van der Waals surface area (Å²) < 4.78 is 5.55. The van der Waals surface area contributed by atoms with Crippen molar-refractivity contribution in [3.05, 3.63) is 77.4 Å². The third-order valence-corrected chi connectivity index (χ3v) is 5.27. The lowest BCUT2D eigenvalue weighted by atomic mass is 10.0. The average Bonchev–Trinajstić information content (AvgIpc) is 3.35. The molecule has 0 spiro atoms. The first-order valence-corrected chi connectivity index (χ1v) is 9.11. The van der Waals surface area contributed by atoms with Crippen molar-refractivity contribution in [3.63, 3.8) is 0 Å². The van der Waals surface area contributed by atoms with Crippen molar-refractivity contribution in [3.8, 4) is 0 Å². The summed E-state index contributed by atoms with van der Waals surface area (Å²) >= 11 is 0. The Morgan fingerprint density at radius 2 is 1.79 bits per heavy atom. The van der Waals surface area contributed by atoms with Crippen molar-refractivity contribution < 1.29 is 14.7 Å². The number of allylic oxidation sites excluding steroid dienone is 1. The highest BCUT2D eigenvalue weighted by Crippen LogP contribution is 2.40. The van der Waals surface area contributed by atoms with E-state index in [0.717, 1.165) is 32.8 Å². The molecule has 7 heteroatoms. The lowest BCUT2D eigenvalue weighted by molar-refractivity contribution is -0.137.